The van der Waals surface area contributed by atoms with Crippen LogP contribution >= 0.6 is 0 Å². The smallest absolute Gasteiger partial charge is 0.407 e. The van der Waals surface area contributed by atoms with Gasteiger partial charge in [0.15, 0.2) is 5.82 Å². The molecular formula is C23H30N8O2. The molecule has 6 N–H and O–H groups in total. The Morgan fingerprint density at radius 1 is 1.09 bits per heavy atom. The van der Waals surface area contributed by atoms with Crippen LogP contribution in [0, 0.1) is 0 Å². The van der Waals surface area contributed by atoms with Crippen molar-refractivity contribution >= 4 is 34.6 Å². The number of alkyl carbamates (subject to hydrolysis) is 1. The number of fused-ring (bicyclic) bond motifs is 1. The standard InChI is InChI=1S/C23H30N8O2/c24-21-17-9-8-14(11-19(17)29-30-21)18-12-20(28-22(25)27-18)31-10-4-5-15(13-31)26-23(32)33-16-6-2-1-3-7-16/h8-9,11-12,15-16H,1-7,10,13H2,(H,26,32)(H3,24,29,30)(H2,25,27,28). The van der Waals surface area contributed by atoms with Gasteiger partial charge >= 0.3 is 6.09 Å². The third-order valence-corrected chi connectivity index (χ3v) is 6.51. The van der Waals surface area contributed by atoms with Crippen molar-refractivity contribution in [1.82, 2.24) is 25.5 Å². The van der Waals surface area contributed by atoms with Gasteiger partial charge in [0.05, 0.1) is 11.2 Å². The Morgan fingerprint density at radius 3 is 2.79 bits per heavy atom. The van der Waals surface area contributed by atoms with E-state index in [1.807, 2.05) is 24.3 Å². The zero-order valence-corrected chi connectivity index (χ0v) is 18.6. The molecule has 3 aromatic rings. The topological polar surface area (TPSA) is 148 Å². The molecule has 5 rings (SSSR count). The minimum atomic E-state index is -0.316. The van der Waals surface area contributed by atoms with Crippen LogP contribution in [0.15, 0.2) is 24.3 Å². The van der Waals surface area contributed by atoms with Gasteiger partial charge < -0.3 is 26.4 Å². The van der Waals surface area contributed by atoms with Crippen LogP contribution < -0.4 is 21.7 Å². The fourth-order valence-electron chi connectivity index (χ4n) is 4.80. The number of benzene rings is 1. The highest BCUT2D eigenvalue weighted by Gasteiger charge is 2.25. The molecule has 10 heteroatoms. The van der Waals surface area contributed by atoms with Gasteiger partial charge in [-0.1, -0.05) is 12.5 Å². The van der Waals surface area contributed by atoms with E-state index in [0.717, 1.165) is 73.0 Å². The van der Waals surface area contributed by atoms with Crippen molar-refractivity contribution < 1.29 is 9.53 Å². The van der Waals surface area contributed by atoms with Crippen LogP contribution in [0.3, 0.4) is 0 Å². The monoisotopic (exact) mass is 450 g/mol. The molecule has 2 fully saturated rings. The molecule has 10 nitrogen and oxygen atoms in total. The number of nitrogens with one attached hydrogen (secondary N) is 2. The molecule has 1 saturated heterocycles. The lowest BCUT2D eigenvalue weighted by atomic mass is 9.98. The minimum absolute atomic E-state index is 0.00111. The highest BCUT2D eigenvalue weighted by atomic mass is 16.6. The summed E-state index contributed by atoms with van der Waals surface area (Å²) >= 11 is 0. The molecule has 1 atom stereocenters. The molecule has 0 radical (unpaired) electrons. The van der Waals surface area contributed by atoms with Crippen LogP contribution in [-0.4, -0.2) is 51.5 Å². The number of H-pyrrole nitrogens is 1. The number of hydrogen-bond acceptors (Lipinski definition) is 8. The fraction of sp³-hybridized carbons (Fsp3) is 0.478. The zero-order chi connectivity index (χ0) is 22.8. The number of carbonyl (C=O) groups excluding carboxylic acids is 1. The third-order valence-electron chi connectivity index (χ3n) is 6.51. The number of amides is 1. The van der Waals surface area contributed by atoms with E-state index in [1.165, 1.54) is 6.42 Å². The Bertz CT molecular complexity index is 1140. The molecule has 1 aromatic carbocycles. The summed E-state index contributed by atoms with van der Waals surface area (Å²) in [7, 11) is 0. The Kier molecular flexibility index (Phi) is 5.89. The molecule has 1 amide bonds. The number of anilines is 3. The highest BCUT2D eigenvalue weighted by Crippen LogP contribution is 2.28. The van der Waals surface area contributed by atoms with E-state index >= 15 is 0 Å². The van der Waals surface area contributed by atoms with Crippen LogP contribution in [0.25, 0.3) is 22.2 Å². The first-order valence-corrected chi connectivity index (χ1v) is 11.7. The van der Waals surface area contributed by atoms with Gasteiger partial charge in [-0.05, 0) is 50.7 Å². The second kappa shape index (κ2) is 9.13. The molecule has 0 spiro atoms. The van der Waals surface area contributed by atoms with Gasteiger partial charge in [0.25, 0.3) is 0 Å². The van der Waals surface area contributed by atoms with E-state index in [4.69, 9.17) is 16.2 Å². The number of aromatic nitrogens is 4. The summed E-state index contributed by atoms with van der Waals surface area (Å²) in [5.74, 6) is 1.42. The highest BCUT2D eigenvalue weighted by molar-refractivity contribution is 5.91. The lowest BCUT2D eigenvalue weighted by molar-refractivity contribution is 0.0723. The van der Waals surface area contributed by atoms with Gasteiger partial charge in [-0.15, -0.1) is 0 Å². The molecule has 1 aliphatic carbocycles. The largest absolute Gasteiger partial charge is 0.446 e. The van der Waals surface area contributed by atoms with E-state index in [-0.39, 0.29) is 24.2 Å². The fourth-order valence-corrected chi connectivity index (χ4v) is 4.80. The molecule has 1 saturated carbocycles. The Labute approximate surface area is 192 Å². The van der Waals surface area contributed by atoms with Gasteiger partial charge in [0.2, 0.25) is 5.95 Å². The average Bonchev–Trinajstić information content (AvgIpc) is 3.19. The first-order chi connectivity index (χ1) is 16.0. The van der Waals surface area contributed by atoms with E-state index in [2.05, 4.69) is 30.4 Å². The van der Waals surface area contributed by atoms with Gasteiger partial charge in [0.1, 0.15) is 11.9 Å². The first kappa shape index (κ1) is 21.3. The van der Waals surface area contributed by atoms with Crippen molar-refractivity contribution in [2.45, 2.75) is 57.1 Å². The van der Waals surface area contributed by atoms with Crippen LogP contribution in [0.4, 0.5) is 22.4 Å². The number of nitrogen functional groups attached to an aromatic ring is 2. The predicted octanol–water partition coefficient (Wildman–Crippen LogP) is 3.21. The van der Waals surface area contributed by atoms with Crippen LogP contribution in [0.2, 0.25) is 0 Å². The average molecular weight is 451 g/mol. The summed E-state index contributed by atoms with van der Waals surface area (Å²) in [6.07, 6.45) is 6.99. The Morgan fingerprint density at radius 2 is 1.94 bits per heavy atom. The third kappa shape index (κ3) is 4.79. The van der Waals surface area contributed by atoms with Gasteiger partial charge in [-0.25, -0.2) is 9.78 Å². The molecule has 174 valence electrons. The van der Waals surface area contributed by atoms with Crippen molar-refractivity contribution in [3.63, 3.8) is 0 Å². The maximum atomic E-state index is 12.4. The summed E-state index contributed by atoms with van der Waals surface area (Å²) in [6.45, 7) is 1.48. The van der Waals surface area contributed by atoms with Gasteiger partial charge in [-0.2, -0.15) is 10.1 Å². The van der Waals surface area contributed by atoms with Crippen molar-refractivity contribution in [1.29, 1.82) is 0 Å². The van der Waals surface area contributed by atoms with Gasteiger partial charge in [-0.3, -0.25) is 5.10 Å². The molecule has 1 unspecified atom stereocenters. The van der Waals surface area contributed by atoms with E-state index in [1.54, 1.807) is 0 Å². The molecule has 3 heterocycles. The summed E-state index contributed by atoms with van der Waals surface area (Å²) < 4.78 is 5.64. The van der Waals surface area contributed by atoms with Gasteiger partial charge in [0, 0.05) is 36.1 Å². The number of nitrogens with zero attached hydrogens (tertiary/aromatic N) is 4. The van der Waals surface area contributed by atoms with Crippen LogP contribution in [0.1, 0.15) is 44.9 Å². The number of hydrogen-bond donors (Lipinski definition) is 4. The number of carbonyl (C=O) groups is 1. The number of rotatable bonds is 4. The lowest BCUT2D eigenvalue weighted by Gasteiger charge is -2.34. The second-order valence-electron chi connectivity index (χ2n) is 8.93. The lowest BCUT2D eigenvalue weighted by Crippen LogP contribution is -2.48. The Balaban J connectivity index is 1.29. The Hall–Kier alpha value is -3.56. The quantitative estimate of drug-likeness (QED) is 0.473. The number of ether oxygens (including phenoxy) is 1. The van der Waals surface area contributed by atoms with E-state index < -0.39 is 0 Å². The number of nitrogens with two attached hydrogens (primary N) is 2. The number of piperidine rings is 1. The molecule has 2 aliphatic rings. The van der Waals surface area contributed by atoms with Crippen LogP contribution in [0.5, 0.6) is 0 Å². The maximum absolute atomic E-state index is 12.4. The SMILES string of the molecule is Nc1nc(-c2ccc3c(N)n[nH]c3c2)cc(N2CCCC(NC(=O)OC3CCCCC3)C2)n1. The molecule has 0 bridgehead atoms. The normalized spacial score (nSPS) is 19.5. The summed E-state index contributed by atoms with van der Waals surface area (Å²) in [5, 5.41) is 10.9. The van der Waals surface area contributed by atoms with E-state index in [0.29, 0.717) is 12.4 Å². The minimum Gasteiger partial charge on any atom is -0.446 e. The van der Waals surface area contributed by atoms with Crippen molar-refractivity contribution in [3.8, 4) is 11.3 Å². The molecule has 2 aromatic heterocycles. The van der Waals surface area contributed by atoms with Crippen molar-refractivity contribution in [2.75, 3.05) is 29.5 Å². The number of aromatic amines is 1. The first-order valence-electron chi connectivity index (χ1n) is 11.7. The van der Waals surface area contributed by atoms with E-state index in [9.17, 15) is 4.79 Å². The molecule has 1 aliphatic heterocycles. The van der Waals surface area contributed by atoms with Crippen LogP contribution in [-0.2, 0) is 4.74 Å². The zero-order valence-electron chi connectivity index (χ0n) is 18.6. The summed E-state index contributed by atoms with van der Waals surface area (Å²) in [6, 6.07) is 7.74. The molecular weight excluding hydrogens is 420 g/mol. The summed E-state index contributed by atoms with van der Waals surface area (Å²) in [5.41, 5.74) is 14.4. The predicted molar refractivity (Wildman–Crippen MR) is 128 cm³/mol. The second-order valence-corrected chi connectivity index (χ2v) is 8.93. The van der Waals surface area contributed by atoms with Crippen molar-refractivity contribution in [2.24, 2.45) is 0 Å². The summed E-state index contributed by atoms with van der Waals surface area (Å²) in [4.78, 5) is 23.4. The molecule has 33 heavy (non-hydrogen) atoms. The maximum Gasteiger partial charge on any atom is 0.407 e. The van der Waals surface area contributed by atoms with Crippen molar-refractivity contribution in [3.05, 3.63) is 24.3 Å².